The minimum atomic E-state index is -0.837. The molecule has 1 rings (SSSR count). The van der Waals surface area contributed by atoms with Crippen LogP contribution >= 0.6 is 0 Å². The van der Waals surface area contributed by atoms with E-state index < -0.39 is 11.5 Å². The highest BCUT2D eigenvalue weighted by atomic mass is 16.4. The number of carboxylic acids is 1. The molecule has 1 heterocycles. The van der Waals surface area contributed by atoms with Crippen LogP contribution in [0.3, 0.4) is 0 Å². The van der Waals surface area contributed by atoms with Gasteiger partial charge in [-0.15, -0.1) is 0 Å². The molecular weight excluding hydrogens is 246 g/mol. The standard InChI is InChI=1S/C13H25N3O3/c1-10-9-16(8-7-15(10)4)12(19)14-13(2,3)6-5-11(17)18/h10H,5-9H2,1-4H3,(H,14,19)(H,17,18). The maximum atomic E-state index is 12.2. The van der Waals surface area contributed by atoms with Crippen LogP contribution in [0.25, 0.3) is 0 Å². The van der Waals surface area contributed by atoms with Crippen molar-refractivity contribution in [2.24, 2.45) is 0 Å². The number of urea groups is 1. The van der Waals surface area contributed by atoms with Crippen LogP contribution in [-0.2, 0) is 4.79 Å². The summed E-state index contributed by atoms with van der Waals surface area (Å²) in [4.78, 5) is 26.8. The molecule has 1 unspecified atom stereocenters. The molecule has 110 valence electrons. The monoisotopic (exact) mass is 271 g/mol. The van der Waals surface area contributed by atoms with Crippen LogP contribution in [-0.4, -0.2) is 65.2 Å². The Balaban J connectivity index is 2.47. The van der Waals surface area contributed by atoms with Gasteiger partial charge < -0.3 is 20.2 Å². The Labute approximate surface area is 114 Å². The van der Waals surface area contributed by atoms with E-state index in [1.54, 1.807) is 4.90 Å². The summed E-state index contributed by atoms with van der Waals surface area (Å²) in [6.07, 6.45) is 0.490. The van der Waals surface area contributed by atoms with E-state index in [2.05, 4.69) is 24.2 Å². The summed E-state index contributed by atoms with van der Waals surface area (Å²) in [5.41, 5.74) is -0.498. The Bertz CT molecular complexity index is 344. The van der Waals surface area contributed by atoms with E-state index in [1.165, 1.54) is 0 Å². The highest BCUT2D eigenvalue weighted by Gasteiger charge is 2.28. The number of nitrogens with one attached hydrogen (secondary N) is 1. The Hall–Kier alpha value is -1.30. The third-order valence-corrected chi connectivity index (χ3v) is 3.66. The maximum absolute atomic E-state index is 12.2. The van der Waals surface area contributed by atoms with Crippen molar-refractivity contribution in [1.82, 2.24) is 15.1 Å². The van der Waals surface area contributed by atoms with E-state index >= 15 is 0 Å². The second-order valence-electron chi connectivity index (χ2n) is 5.98. The van der Waals surface area contributed by atoms with Crippen LogP contribution in [0.4, 0.5) is 4.79 Å². The number of hydrogen-bond acceptors (Lipinski definition) is 3. The summed E-state index contributed by atoms with van der Waals surface area (Å²) >= 11 is 0. The number of amides is 2. The largest absolute Gasteiger partial charge is 0.481 e. The molecule has 19 heavy (non-hydrogen) atoms. The van der Waals surface area contributed by atoms with E-state index in [1.807, 2.05) is 13.8 Å². The van der Waals surface area contributed by atoms with Crippen molar-refractivity contribution in [2.45, 2.75) is 45.2 Å². The molecule has 1 aliphatic heterocycles. The SMILES string of the molecule is CC1CN(C(=O)NC(C)(C)CCC(=O)O)CCN1C. The van der Waals surface area contributed by atoms with E-state index in [-0.39, 0.29) is 12.5 Å². The summed E-state index contributed by atoms with van der Waals surface area (Å²) in [7, 11) is 2.05. The molecule has 2 amide bonds. The zero-order valence-corrected chi connectivity index (χ0v) is 12.3. The van der Waals surface area contributed by atoms with Crippen molar-refractivity contribution < 1.29 is 14.7 Å². The molecule has 1 atom stereocenters. The van der Waals surface area contributed by atoms with Crippen molar-refractivity contribution in [2.75, 3.05) is 26.7 Å². The van der Waals surface area contributed by atoms with Gasteiger partial charge in [-0.1, -0.05) is 0 Å². The lowest BCUT2D eigenvalue weighted by molar-refractivity contribution is -0.137. The minimum Gasteiger partial charge on any atom is -0.481 e. The maximum Gasteiger partial charge on any atom is 0.317 e. The second kappa shape index (κ2) is 6.23. The molecule has 0 aromatic carbocycles. The summed E-state index contributed by atoms with van der Waals surface area (Å²) < 4.78 is 0. The molecule has 0 aromatic rings. The fourth-order valence-electron chi connectivity index (χ4n) is 2.08. The molecule has 0 aromatic heterocycles. The third-order valence-electron chi connectivity index (χ3n) is 3.66. The van der Waals surface area contributed by atoms with Crippen molar-refractivity contribution in [3.05, 3.63) is 0 Å². The zero-order valence-electron chi connectivity index (χ0n) is 12.3. The predicted octanol–water partition coefficient (Wildman–Crippen LogP) is 0.975. The second-order valence-corrected chi connectivity index (χ2v) is 5.98. The van der Waals surface area contributed by atoms with E-state index in [0.717, 1.165) is 6.54 Å². The summed E-state index contributed by atoms with van der Waals surface area (Å²) in [6, 6.07) is 0.247. The van der Waals surface area contributed by atoms with E-state index in [9.17, 15) is 9.59 Å². The lowest BCUT2D eigenvalue weighted by atomic mass is 9.98. The molecule has 0 bridgehead atoms. The van der Waals surface area contributed by atoms with Crippen LogP contribution in [0, 0.1) is 0 Å². The predicted molar refractivity (Wildman–Crippen MR) is 73.1 cm³/mol. The molecule has 0 radical (unpaired) electrons. The number of aliphatic carboxylic acids is 1. The Morgan fingerprint density at radius 1 is 1.37 bits per heavy atom. The summed E-state index contributed by atoms with van der Waals surface area (Å²) in [5.74, 6) is -0.837. The van der Waals surface area contributed by atoms with Crippen molar-refractivity contribution in [1.29, 1.82) is 0 Å². The average Bonchev–Trinajstić information content (AvgIpc) is 2.29. The first-order chi connectivity index (χ1) is 8.71. The number of nitrogens with zero attached hydrogens (tertiary/aromatic N) is 2. The van der Waals surface area contributed by atoms with Gasteiger partial charge in [0.25, 0.3) is 0 Å². The third kappa shape index (κ3) is 5.06. The molecule has 1 fully saturated rings. The number of likely N-dealkylation sites (N-methyl/N-ethyl adjacent to an activating group) is 1. The normalized spacial score (nSPS) is 21.3. The van der Waals surface area contributed by atoms with Gasteiger partial charge in [-0.25, -0.2) is 4.79 Å². The Morgan fingerprint density at radius 2 is 2.00 bits per heavy atom. The van der Waals surface area contributed by atoms with E-state index in [4.69, 9.17) is 5.11 Å². The number of hydrogen-bond donors (Lipinski definition) is 2. The average molecular weight is 271 g/mol. The molecule has 6 nitrogen and oxygen atoms in total. The smallest absolute Gasteiger partial charge is 0.317 e. The molecule has 2 N–H and O–H groups in total. The number of piperazine rings is 1. The van der Waals surface area contributed by atoms with Crippen molar-refractivity contribution in [3.63, 3.8) is 0 Å². The van der Waals surface area contributed by atoms with Crippen molar-refractivity contribution >= 4 is 12.0 Å². The van der Waals surface area contributed by atoms with Crippen LogP contribution in [0.1, 0.15) is 33.6 Å². The van der Waals surface area contributed by atoms with Crippen LogP contribution in [0.2, 0.25) is 0 Å². The minimum absolute atomic E-state index is 0.0619. The molecular formula is C13H25N3O3. The molecule has 6 heteroatoms. The lowest BCUT2D eigenvalue weighted by Crippen LogP contribution is -2.57. The van der Waals surface area contributed by atoms with Gasteiger partial charge >= 0.3 is 12.0 Å². The highest BCUT2D eigenvalue weighted by molar-refractivity contribution is 5.75. The van der Waals surface area contributed by atoms with Gasteiger partial charge in [0.2, 0.25) is 0 Å². The lowest BCUT2D eigenvalue weighted by Gasteiger charge is -2.39. The van der Waals surface area contributed by atoms with Crippen LogP contribution in [0.5, 0.6) is 0 Å². The van der Waals surface area contributed by atoms with Gasteiger partial charge in [0.1, 0.15) is 0 Å². The fourth-order valence-corrected chi connectivity index (χ4v) is 2.08. The van der Waals surface area contributed by atoms with Crippen LogP contribution in [0.15, 0.2) is 0 Å². The number of carbonyl (C=O) groups excluding carboxylic acids is 1. The summed E-state index contributed by atoms with van der Waals surface area (Å²) in [6.45, 7) is 8.08. The van der Waals surface area contributed by atoms with Crippen molar-refractivity contribution in [3.8, 4) is 0 Å². The fraction of sp³-hybridized carbons (Fsp3) is 0.846. The van der Waals surface area contributed by atoms with Gasteiger partial charge in [0.15, 0.2) is 0 Å². The van der Waals surface area contributed by atoms with Crippen LogP contribution < -0.4 is 5.32 Å². The highest BCUT2D eigenvalue weighted by Crippen LogP contribution is 2.13. The summed E-state index contributed by atoms with van der Waals surface area (Å²) in [5, 5.41) is 11.6. The first kappa shape index (κ1) is 15.8. The van der Waals surface area contributed by atoms with Gasteiger partial charge in [-0.05, 0) is 34.2 Å². The molecule has 1 aliphatic rings. The van der Waals surface area contributed by atoms with Gasteiger partial charge in [-0.3, -0.25) is 4.79 Å². The number of carbonyl (C=O) groups is 2. The first-order valence-corrected chi connectivity index (χ1v) is 6.70. The molecule has 0 aliphatic carbocycles. The van der Waals surface area contributed by atoms with Gasteiger partial charge in [0.05, 0.1) is 0 Å². The zero-order chi connectivity index (χ0) is 14.6. The quantitative estimate of drug-likeness (QED) is 0.799. The van der Waals surface area contributed by atoms with Gasteiger partial charge in [-0.2, -0.15) is 0 Å². The van der Waals surface area contributed by atoms with E-state index in [0.29, 0.717) is 25.6 Å². The number of carboxylic acid groups (broad SMARTS) is 1. The number of rotatable bonds is 4. The first-order valence-electron chi connectivity index (χ1n) is 6.70. The molecule has 0 spiro atoms. The molecule has 1 saturated heterocycles. The Kier molecular flexibility index (Phi) is 5.17. The van der Waals surface area contributed by atoms with Gasteiger partial charge in [0, 0.05) is 37.6 Å². The molecule has 0 saturated carbocycles. The Morgan fingerprint density at radius 3 is 2.53 bits per heavy atom. The topological polar surface area (TPSA) is 72.9 Å².